The fraction of sp³-hybridized carbons (Fsp3) is 0.588. The van der Waals surface area contributed by atoms with E-state index in [4.69, 9.17) is 4.74 Å². The number of benzene rings is 1. The average Bonchev–Trinajstić information content (AvgIpc) is 2.53. The van der Waals surface area contributed by atoms with Crippen molar-refractivity contribution in [1.29, 1.82) is 0 Å². The van der Waals surface area contributed by atoms with Gasteiger partial charge in [-0.3, -0.25) is 4.79 Å². The summed E-state index contributed by atoms with van der Waals surface area (Å²) in [6, 6.07) is 7.36. The molecule has 1 rings (SSSR count). The van der Waals surface area contributed by atoms with Crippen molar-refractivity contribution >= 4 is 15.9 Å². The molecule has 136 valence electrons. The highest BCUT2D eigenvalue weighted by molar-refractivity contribution is 7.90. The van der Waals surface area contributed by atoms with Crippen LogP contribution >= 0.6 is 0 Å². The first-order valence-electron chi connectivity index (χ1n) is 8.31. The van der Waals surface area contributed by atoms with Crippen LogP contribution in [-0.4, -0.2) is 32.3 Å². The number of ether oxygens (including phenoxy) is 1. The van der Waals surface area contributed by atoms with E-state index in [0.29, 0.717) is 31.6 Å². The third-order valence-electron chi connectivity index (χ3n) is 3.50. The third-order valence-corrected chi connectivity index (χ3v) is 5.34. The monoisotopic (exact) mass is 356 g/mol. The molecular formula is C17H28N2O4S. The SMILES string of the molecule is CCNC(=O)CCc1ccc(OC(CC)NS(=O)(=O)C(C)C)cc1. The Morgan fingerprint density at radius 3 is 2.29 bits per heavy atom. The van der Waals surface area contributed by atoms with E-state index in [1.807, 2.05) is 26.0 Å². The number of carbonyl (C=O) groups excluding carboxylic acids is 1. The normalized spacial score (nSPS) is 12.9. The highest BCUT2D eigenvalue weighted by atomic mass is 32.2. The number of carbonyl (C=O) groups is 1. The molecule has 0 aromatic heterocycles. The number of amides is 1. The molecule has 1 atom stereocenters. The Morgan fingerprint density at radius 2 is 1.79 bits per heavy atom. The molecule has 0 radical (unpaired) electrons. The molecule has 24 heavy (non-hydrogen) atoms. The second-order valence-corrected chi connectivity index (χ2v) is 8.09. The molecular weight excluding hydrogens is 328 g/mol. The lowest BCUT2D eigenvalue weighted by molar-refractivity contribution is -0.120. The zero-order valence-electron chi connectivity index (χ0n) is 14.8. The first-order valence-corrected chi connectivity index (χ1v) is 9.86. The molecule has 0 aliphatic heterocycles. The van der Waals surface area contributed by atoms with E-state index >= 15 is 0 Å². The molecule has 1 unspecified atom stereocenters. The highest BCUT2D eigenvalue weighted by Gasteiger charge is 2.21. The Bertz CT molecular complexity index is 612. The summed E-state index contributed by atoms with van der Waals surface area (Å²) in [6.45, 7) is 7.63. The lowest BCUT2D eigenvalue weighted by atomic mass is 10.1. The molecule has 1 aromatic carbocycles. The summed E-state index contributed by atoms with van der Waals surface area (Å²) in [5.74, 6) is 0.627. The summed E-state index contributed by atoms with van der Waals surface area (Å²) in [6.07, 6.45) is 1.02. The van der Waals surface area contributed by atoms with Gasteiger partial charge in [-0.25, -0.2) is 8.42 Å². The van der Waals surface area contributed by atoms with Gasteiger partial charge in [-0.05, 0) is 51.3 Å². The van der Waals surface area contributed by atoms with Crippen molar-refractivity contribution in [3.05, 3.63) is 29.8 Å². The molecule has 1 aromatic rings. The van der Waals surface area contributed by atoms with E-state index in [-0.39, 0.29) is 5.91 Å². The lowest BCUT2D eigenvalue weighted by Crippen LogP contribution is -2.42. The minimum absolute atomic E-state index is 0.0342. The van der Waals surface area contributed by atoms with Gasteiger partial charge < -0.3 is 10.1 Å². The Labute approximate surface area is 145 Å². The summed E-state index contributed by atoms with van der Waals surface area (Å²) in [5.41, 5.74) is 1.03. The first-order chi connectivity index (χ1) is 11.3. The van der Waals surface area contributed by atoms with E-state index in [1.165, 1.54) is 0 Å². The number of hydrogen-bond acceptors (Lipinski definition) is 4. The van der Waals surface area contributed by atoms with Gasteiger partial charge >= 0.3 is 0 Å². The molecule has 0 aliphatic rings. The lowest BCUT2D eigenvalue weighted by Gasteiger charge is -2.20. The first kappa shape index (κ1) is 20.4. The summed E-state index contributed by atoms with van der Waals surface area (Å²) in [4.78, 5) is 11.5. The van der Waals surface area contributed by atoms with E-state index in [0.717, 1.165) is 5.56 Å². The van der Waals surface area contributed by atoms with Crippen LogP contribution in [0.1, 0.15) is 46.1 Å². The van der Waals surface area contributed by atoms with E-state index in [9.17, 15) is 13.2 Å². The minimum atomic E-state index is -3.38. The van der Waals surface area contributed by atoms with E-state index in [2.05, 4.69) is 10.0 Å². The van der Waals surface area contributed by atoms with Crippen LogP contribution in [0.15, 0.2) is 24.3 Å². The summed E-state index contributed by atoms with van der Waals surface area (Å²) in [5, 5.41) is 2.26. The van der Waals surface area contributed by atoms with Crippen LogP contribution in [0.4, 0.5) is 0 Å². The Balaban J connectivity index is 2.60. The molecule has 2 N–H and O–H groups in total. The van der Waals surface area contributed by atoms with Gasteiger partial charge in [0.2, 0.25) is 15.9 Å². The maximum Gasteiger partial charge on any atom is 0.220 e. The van der Waals surface area contributed by atoms with Gasteiger partial charge in [-0.1, -0.05) is 19.1 Å². The minimum Gasteiger partial charge on any atom is -0.474 e. The van der Waals surface area contributed by atoms with Crippen molar-refractivity contribution < 1.29 is 17.9 Å². The van der Waals surface area contributed by atoms with Crippen molar-refractivity contribution in [2.75, 3.05) is 6.54 Å². The second-order valence-electron chi connectivity index (χ2n) is 5.82. The van der Waals surface area contributed by atoms with Crippen LogP contribution in [0.5, 0.6) is 5.75 Å². The van der Waals surface area contributed by atoms with Crippen LogP contribution < -0.4 is 14.8 Å². The third kappa shape index (κ3) is 6.88. The smallest absolute Gasteiger partial charge is 0.220 e. The zero-order chi connectivity index (χ0) is 18.2. The molecule has 1 amide bonds. The van der Waals surface area contributed by atoms with Crippen molar-refractivity contribution in [3.63, 3.8) is 0 Å². The summed E-state index contributed by atoms with van der Waals surface area (Å²) < 4.78 is 32.1. The van der Waals surface area contributed by atoms with Gasteiger partial charge in [0.05, 0.1) is 5.25 Å². The van der Waals surface area contributed by atoms with Gasteiger partial charge in [-0.2, -0.15) is 4.72 Å². The number of rotatable bonds is 10. The molecule has 0 fully saturated rings. The molecule has 7 heteroatoms. The summed E-state index contributed by atoms with van der Waals surface area (Å²) in [7, 11) is -3.38. The van der Waals surface area contributed by atoms with Crippen LogP contribution in [0.25, 0.3) is 0 Å². The molecule has 0 aliphatic carbocycles. The van der Waals surface area contributed by atoms with Crippen LogP contribution in [-0.2, 0) is 21.2 Å². The van der Waals surface area contributed by atoms with E-state index < -0.39 is 21.5 Å². The zero-order valence-corrected chi connectivity index (χ0v) is 15.7. The van der Waals surface area contributed by atoms with Crippen molar-refractivity contribution in [3.8, 4) is 5.75 Å². The molecule has 0 bridgehead atoms. The van der Waals surface area contributed by atoms with Crippen LogP contribution in [0, 0.1) is 0 Å². The topological polar surface area (TPSA) is 84.5 Å². The fourth-order valence-corrected chi connectivity index (χ4v) is 2.81. The summed E-state index contributed by atoms with van der Waals surface area (Å²) >= 11 is 0. The van der Waals surface area contributed by atoms with Crippen LogP contribution in [0.2, 0.25) is 0 Å². The quantitative estimate of drug-likeness (QED) is 0.630. The Morgan fingerprint density at radius 1 is 1.17 bits per heavy atom. The predicted molar refractivity (Wildman–Crippen MR) is 95.3 cm³/mol. The van der Waals surface area contributed by atoms with Gasteiger partial charge in [0.15, 0.2) is 6.23 Å². The van der Waals surface area contributed by atoms with Gasteiger partial charge in [-0.15, -0.1) is 0 Å². The molecule has 0 heterocycles. The van der Waals surface area contributed by atoms with Gasteiger partial charge in [0, 0.05) is 13.0 Å². The molecule has 0 saturated heterocycles. The van der Waals surface area contributed by atoms with Crippen LogP contribution in [0.3, 0.4) is 0 Å². The maximum absolute atomic E-state index is 11.9. The highest BCUT2D eigenvalue weighted by Crippen LogP contribution is 2.16. The Hall–Kier alpha value is -1.60. The second kappa shape index (κ2) is 9.64. The molecule has 0 spiro atoms. The average molecular weight is 356 g/mol. The maximum atomic E-state index is 11.9. The van der Waals surface area contributed by atoms with Crippen molar-refractivity contribution in [2.45, 2.75) is 58.4 Å². The van der Waals surface area contributed by atoms with Crippen molar-refractivity contribution in [1.82, 2.24) is 10.0 Å². The van der Waals surface area contributed by atoms with Gasteiger partial charge in [0.1, 0.15) is 5.75 Å². The van der Waals surface area contributed by atoms with Gasteiger partial charge in [0.25, 0.3) is 0 Å². The number of aryl methyl sites for hydroxylation is 1. The number of hydrogen-bond donors (Lipinski definition) is 2. The fourth-order valence-electron chi connectivity index (χ4n) is 1.95. The standard InChI is InChI=1S/C17H28N2O4S/c1-5-17(19-24(21,22)13(3)4)23-15-10-7-14(8-11-15)9-12-16(20)18-6-2/h7-8,10-11,13,17,19H,5-6,9,12H2,1-4H3,(H,18,20). The molecule has 6 nitrogen and oxygen atoms in total. The van der Waals surface area contributed by atoms with Crippen molar-refractivity contribution in [2.24, 2.45) is 0 Å². The number of sulfonamides is 1. The molecule has 0 saturated carbocycles. The Kier molecular flexibility index (Phi) is 8.21. The number of nitrogens with one attached hydrogen (secondary N) is 2. The predicted octanol–water partition coefficient (Wildman–Crippen LogP) is 2.20. The largest absolute Gasteiger partial charge is 0.474 e. The van der Waals surface area contributed by atoms with E-state index in [1.54, 1.807) is 26.0 Å².